The molecule has 0 aliphatic heterocycles. The van der Waals surface area contributed by atoms with Gasteiger partial charge in [0.1, 0.15) is 0 Å². The van der Waals surface area contributed by atoms with Crippen LogP contribution in [-0.2, 0) is 0 Å². The summed E-state index contributed by atoms with van der Waals surface area (Å²) in [5.74, 6) is 5.16. The largest absolute Gasteiger partial charge is 0.465 e. The van der Waals surface area contributed by atoms with Gasteiger partial charge in [-0.1, -0.05) is 25.2 Å². The standard InChI is InChI=1S/C8H12INO2.C4H4INO2/c1-2-3-6-10(8(11)12)7-4-5-9;1-2-3-6(5)4(7)8/h2-3,6-7H2,1H3,(H,11,12);1H3,(H,7,8). The van der Waals surface area contributed by atoms with Gasteiger partial charge in [0.2, 0.25) is 0 Å². The Labute approximate surface area is 146 Å². The van der Waals surface area contributed by atoms with Crippen molar-refractivity contribution in [2.45, 2.75) is 26.7 Å². The van der Waals surface area contributed by atoms with Crippen LogP contribution in [0.15, 0.2) is 0 Å². The van der Waals surface area contributed by atoms with Gasteiger partial charge in [0, 0.05) is 35.2 Å². The third-order valence-electron chi connectivity index (χ3n) is 1.77. The fourth-order valence-electron chi connectivity index (χ4n) is 0.863. The van der Waals surface area contributed by atoms with E-state index < -0.39 is 12.2 Å². The van der Waals surface area contributed by atoms with Crippen LogP contribution in [0.1, 0.15) is 26.7 Å². The number of hydrogen-bond donors (Lipinski definition) is 2. The Morgan fingerprint density at radius 3 is 2.15 bits per heavy atom. The van der Waals surface area contributed by atoms with Crippen LogP contribution in [0.2, 0.25) is 0 Å². The first kappa shape index (κ1) is 21.4. The monoisotopic (exact) mass is 506 g/mol. The number of unbranched alkanes of at least 4 members (excludes halogenated alkanes) is 1. The van der Waals surface area contributed by atoms with Gasteiger partial charge in [-0.15, -0.1) is 0 Å². The SMILES string of the molecule is CC#CN(I)C(=O)O.CCCCN(CC#CI)C(=O)O. The molecule has 112 valence electrons. The summed E-state index contributed by atoms with van der Waals surface area (Å²) in [5.41, 5.74) is 0. The van der Waals surface area contributed by atoms with Crippen molar-refractivity contribution in [3.63, 3.8) is 0 Å². The van der Waals surface area contributed by atoms with Crippen LogP contribution in [0.4, 0.5) is 9.59 Å². The number of amides is 2. The van der Waals surface area contributed by atoms with Crippen molar-refractivity contribution >= 4 is 57.6 Å². The lowest BCUT2D eigenvalue weighted by Gasteiger charge is -2.14. The first-order chi connectivity index (χ1) is 9.40. The topological polar surface area (TPSA) is 81.1 Å². The molecule has 0 aromatic rings. The minimum atomic E-state index is -1.04. The van der Waals surface area contributed by atoms with E-state index in [1.165, 1.54) is 4.90 Å². The first-order valence-electron chi connectivity index (χ1n) is 5.58. The summed E-state index contributed by atoms with van der Waals surface area (Å²) in [6.45, 7) is 4.51. The normalized spacial score (nSPS) is 7.80. The number of rotatable bonds is 4. The number of carbonyl (C=O) groups is 2. The zero-order valence-corrected chi connectivity index (χ0v) is 15.5. The Morgan fingerprint density at radius 1 is 1.25 bits per heavy atom. The molecule has 8 heteroatoms. The lowest BCUT2D eigenvalue weighted by Crippen LogP contribution is -2.30. The smallest absolute Gasteiger partial charge is 0.428 e. The molecule has 2 N–H and O–H groups in total. The van der Waals surface area contributed by atoms with Crippen LogP contribution in [-0.4, -0.2) is 43.5 Å². The Kier molecular flexibility index (Phi) is 15.6. The van der Waals surface area contributed by atoms with Crippen LogP contribution in [0.3, 0.4) is 0 Å². The van der Waals surface area contributed by atoms with Crippen LogP contribution in [0.5, 0.6) is 0 Å². The molecule has 6 nitrogen and oxygen atoms in total. The molecule has 0 aromatic carbocycles. The minimum absolute atomic E-state index is 0.318. The first-order valence-corrected chi connectivity index (χ1v) is 7.62. The van der Waals surface area contributed by atoms with Crippen LogP contribution in [0.25, 0.3) is 0 Å². The molecule has 0 radical (unpaired) electrons. The van der Waals surface area contributed by atoms with Crippen molar-refractivity contribution in [3.05, 3.63) is 0 Å². The summed E-state index contributed by atoms with van der Waals surface area (Å²) in [6, 6.07) is 2.32. The lowest BCUT2D eigenvalue weighted by molar-refractivity contribution is 0.150. The maximum Gasteiger partial charge on any atom is 0.428 e. The third kappa shape index (κ3) is 13.5. The predicted octanol–water partition coefficient (Wildman–Crippen LogP) is 3.46. The summed E-state index contributed by atoms with van der Waals surface area (Å²) in [7, 11) is 0. The number of carboxylic acid groups (broad SMARTS) is 2. The Morgan fingerprint density at radius 2 is 1.85 bits per heavy atom. The molecule has 0 saturated carbocycles. The number of hydrogen-bond acceptors (Lipinski definition) is 2. The van der Waals surface area contributed by atoms with E-state index in [9.17, 15) is 9.59 Å². The van der Waals surface area contributed by atoms with Gasteiger partial charge in [-0.3, -0.25) is 4.90 Å². The van der Waals surface area contributed by atoms with E-state index in [2.05, 4.69) is 21.8 Å². The van der Waals surface area contributed by atoms with Crippen molar-refractivity contribution in [2.75, 3.05) is 13.1 Å². The highest BCUT2D eigenvalue weighted by atomic mass is 127. The predicted molar refractivity (Wildman–Crippen MR) is 93.6 cm³/mol. The van der Waals surface area contributed by atoms with Gasteiger partial charge in [-0.2, -0.15) is 3.11 Å². The zero-order chi connectivity index (χ0) is 16.0. The molecule has 0 unspecified atom stereocenters. The van der Waals surface area contributed by atoms with Crippen LogP contribution in [0, 0.1) is 21.8 Å². The third-order valence-corrected chi connectivity index (χ3v) is 2.80. The zero-order valence-electron chi connectivity index (χ0n) is 11.2. The van der Waals surface area contributed by atoms with Gasteiger partial charge >= 0.3 is 12.2 Å². The van der Waals surface area contributed by atoms with E-state index in [-0.39, 0.29) is 0 Å². The second kappa shape index (κ2) is 14.5. The molecule has 0 saturated heterocycles. The van der Waals surface area contributed by atoms with E-state index in [0.717, 1.165) is 16.0 Å². The second-order valence-corrected chi connectivity index (χ2v) is 4.76. The average molecular weight is 506 g/mol. The molecule has 0 bridgehead atoms. The van der Waals surface area contributed by atoms with Gasteiger partial charge in [0.25, 0.3) is 0 Å². The van der Waals surface area contributed by atoms with Crippen molar-refractivity contribution < 1.29 is 19.8 Å². The van der Waals surface area contributed by atoms with Gasteiger partial charge in [-0.05, 0) is 17.3 Å². The molecule has 0 rings (SSSR count). The van der Waals surface area contributed by atoms with E-state index in [0.29, 0.717) is 13.1 Å². The summed E-state index contributed by atoms with van der Waals surface area (Å²) >= 11 is 3.49. The molecule has 0 aliphatic carbocycles. The molecule has 0 fully saturated rings. The Balaban J connectivity index is 0. The highest BCUT2D eigenvalue weighted by molar-refractivity contribution is 14.1. The van der Waals surface area contributed by atoms with E-state index in [1.54, 1.807) is 29.8 Å². The Bertz CT molecular complexity index is 421. The van der Waals surface area contributed by atoms with Crippen LogP contribution >= 0.6 is 45.5 Å². The van der Waals surface area contributed by atoms with Gasteiger partial charge < -0.3 is 10.2 Å². The highest BCUT2D eigenvalue weighted by Gasteiger charge is 2.07. The Hall–Kier alpha value is -0.880. The maximum absolute atomic E-state index is 10.6. The molecule has 0 atom stereocenters. The molecule has 0 heterocycles. The summed E-state index contributed by atoms with van der Waals surface area (Å²) in [6.07, 6.45) is -0.0287. The molecule has 0 aliphatic rings. The highest BCUT2D eigenvalue weighted by Crippen LogP contribution is 1.95. The number of nitrogens with zero attached hydrogens (tertiary/aromatic N) is 2. The van der Waals surface area contributed by atoms with Crippen LogP contribution < -0.4 is 0 Å². The average Bonchev–Trinajstić information content (AvgIpc) is 2.39. The van der Waals surface area contributed by atoms with E-state index in [4.69, 9.17) is 10.2 Å². The van der Waals surface area contributed by atoms with Crippen molar-refractivity contribution in [1.29, 1.82) is 0 Å². The summed E-state index contributed by atoms with van der Waals surface area (Å²) in [4.78, 5) is 21.8. The number of halogens is 2. The van der Waals surface area contributed by atoms with Crippen molar-refractivity contribution in [1.82, 2.24) is 8.01 Å². The minimum Gasteiger partial charge on any atom is -0.465 e. The van der Waals surface area contributed by atoms with E-state index in [1.807, 2.05) is 29.5 Å². The quantitative estimate of drug-likeness (QED) is 0.265. The van der Waals surface area contributed by atoms with E-state index >= 15 is 0 Å². The van der Waals surface area contributed by atoms with Gasteiger partial charge in [0.15, 0.2) is 0 Å². The molecular formula is C12H16I2N2O4. The molecule has 2 amide bonds. The molecular weight excluding hydrogens is 490 g/mol. The summed E-state index contributed by atoms with van der Waals surface area (Å²) < 4.78 is 3.52. The fourth-order valence-corrected chi connectivity index (χ4v) is 1.27. The summed E-state index contributed by atoms with van der Waals surface area (Å²) in [5, 5.41) is 16.8. The lowest BCUT2D eigenvalue weighted by atomic mass is 10.3. The van der Waals surface area contributed by atoms with Crippen molar-refractivity contribution in [2.24, 2.45) is 0 Å². The van der Waals surface area contributed by atoms with Gasteiger partial charge in [-0.25, -0.2) is 9.59 Å². The fraction of sp³-hybridized carbons (Fsp3) is 0.500. The van der Waals surface area contributed by atoms with Gasteiger partial charge in [0.05, 0.1) is 29.4 Å². The second-order valence-electron chi connectivity index (χ2n) is 3.25. The van der Waals surface area contributed by atoms with Crippen molar-refractivity contribution in [3.8, 4) is 21.8 Å². The maximum atomic E-state index is 10.6. The molecule has 20 heavy (non-hydrogen) atoms. The molecule has 0 aromatic heterocycles. The molecule has 0 spiro atoms.